The summed E-state index contributed by atoms with van der Waals surface area (Å²) < 4.78 is 27.8. The molecule has 2 aliphatic rings. The van der Waals surface area contributed by atoms with Crippen LogP contribution in [0.4, 0.5) is 14.6 Å². The van der Waals surface area contributed by atoms with Gasteiger partial charge in [0.1, 0.15) is 28.7 Å². The number of piperidine rings is 1. The standard InChI is InChI=1S/C29H29F2N7S/c1-18-20(2-3-26-24(18)10-22(13-32)38(26)15-19-4-7-33-14-19)16-37-8-5-21(6-9-37)36-28-25-11-23(12-27(30)31)39-29(25)35-17-34-28/h2-4,10-11,14,17,21,27H,5-9,12,15-16H2,1H3,(H,34,35,36). The van der Waals surface area contributed by atoms with E-state index in [0.717, 1.165) is 65.0 Å². The van der Waals surface area contributed by atoms with Crippen LogP contribution >= 0.6 is 11.3 Å². The lowest BCUT2D eigenvalue weighted by atomic mass is 10.0. The fourth-order valence-electron chi connectivity index (χ4n) is 5.58. The first-order valence-corrected chi connectivity index (χ1v) is 14.0. The minimum atomic E-state index is -2.37. The monoisotopic (exact) mass is 545 g/mol. The fraction of sp³-hybridized carbons (Fsp3) is 0.379. The number of benzene rings is 1. The number of alkyl halides is 2. The van der Waals surface area contributed by atoms with Gasteiger partial charge in [0.2, 0.25) is 6.43 Å². The van der Waals surface area contributed by atoms with E-state index in [4.69, 9.17) is 0 Å². The molecule has 1 aromatic carbocycles. The van der Waals surface area contributed by atoms with Crippen LogP contribution in [0.5, 0.6) is 0 Å². The Hall–Kier alpha value is -3.68. The Morgan fingerprint density at radius 2 is 2.00 bits per heavy atom. The molecule has 4 aromatic rings. The second-order valence-electron chi connectivity index (χ2n) is 10.2. The number of aromatic nitrogens is 3. The summed E-state index contributed by atoms with van der Waals surface area (Å²) in [6.07, 6.45) is 4.81. The quantitative estimate of drug-likeness (QED) is 0.306. The third kappa shape index (κ3) is 5.29. The number of hydrogen-bond donors (Lipinski definition) is 1. The Morgan fingerprint density at radius 1 is 1.15 bits per heavy atom. The summed E-state index contributed by atoms with van der Waals surface area (Å²) in [5.74, 6) is 0.731. The summed E-state index contributed by atoms with van der Waals surface area (Å²) >= 11 is 1.31. The Balaban J connectivity index is 1.12. The maximum atomic E-state index is 12.9. The molecule has 0 bridgehead atoms. The fourth-order valence-corrected chi connectivity index (χ4v) is 6.58. The normalized spacial score (nSPS) is 16.4. The summed E-state index contributed by atoms with van der Waals surface area (Å²) in [4.78, 5) is 16.8. The Morgan fingerprint density at radius 3 is 2.74 bits per heavy atom. The van der Waals surface area contributed by atoms with Crippen molar-refractivity contribution >= 4 is 44.5 Å². The predicted molar refractivity (Wildman–Crippen MR) is 152 cm³/mol. The first-order valence-electron chi connectivity index (χ1n) is 13.2. The molecule has 0 atom stereocenters. The molecule has 7 nitrogen and oxygen atoms in total. The molecule has 0 radical (unpaired) electrons. The van der Waals surface area contributed by atoms with Crippen molar-refractivity contribution in [2.24, 2.45) is 4.99 Å². The molecule has 2 aliphatic heterocycles. The highest BCUT2D eigenvalue weighted by Crippen LogP contribution is 2.31. The minimum absolute atomic E-state index is 0.250. The van der Waals surface area contributed by atoms with Crippen molar-refractivity contribution < 1.29 is 8.78 Å². The van der Waals surface area contributed by atoms with Crippen molar-refractivity contribution in [2.45, 2.75) is 51.7 Å². The zero-order valence-electron chi connectivity index (χ0n) is 21.7. The summed E-state index contributed by atoms with van der Waals surface area (Å²) in [6, 6.07) is 10.8. The van der Waals surface area contributed by atoms with Gasteiger partial charge in [0.25, 0.3) is 0 Å². The molecule has 6 rings (SSSR count). The maximum absolute atomic E-state index is 12.9. The SMILES string of the molecule is Cc1c(CN2CCC(Nc3ncnc4sc(CC(F)F)cc34)CC2)ccc2c1cc(C#N)n2CC1=CCN=C1. The van der Waals surface area contributed by atoms with Crippen molar-refractivity contribution in [1.29, 1.82) is 5.26 Å². The first-order chi connectivity index (χ1) is 19.0. The zero-order chi connectivity index (χ0) is 26.9. The highest BCUT2D eigenvalue weighted by Gasteiger charge is 2.22. The van der Waals surface area contributed by atoms with Gasteiger partial charge in [-0.1, -0.05) is 12.1 Å². The number of halogens is 2. The van der Waals surface area contributed by atoms with E-state index < -0.39 is 6.43 Å². The third-order valence-electron chi connectivity index (χ3n) is 7.70. The van der Waals surface area contributed by atoms with E-state index in [9.17, 15) is 14.0 Å². The van der Waals surface area contributed by atoms with Crippen molar-refractivity contribution in [1.82, 2.24) is 19.4 Å². The van der Waals surface area contributed by atoms with Crippen molar-refractivity contribution in [3.8, 4) is 6.07 Å². The van der Waals surface area contributed by atoms with Gasteiger partial charge in [0, 0.05) is 54.1 Å². The number of allylic oxidation sites excluding steroid dienone is 1. The third-order valence-corrected chi connectivity index (χ3v) is 8.76. The number of nitrogens with one attached hydrogen (secondary N) is 1. The van der Waals surface area contributed by atoms with Gasteiger partial charge in [-0.25, -0.2) is 18.7 Å². The van der Waals surface area contributed by atoms with Gasteiger partial charge in [-0.05, 0) is 54.7 Å². The van der Waals surface area contributed by atoms with Crippen LogP contribution < -0.4 is 5.32 Å². The van der Waals surface area contributed by atoms with Crippen LogP contribution in [0.25, 0.3) is 21.1 Å². The minimum Gasteiger partial charge on any atom is -0.367 e. The number of fused-ring (bicyclic) bond motifs is 2. The topological polar surface area (TPSA) is 82.1 Å². The van der Waals surface area contributed by atoms with E-state index in [1.54, 1.807) is 6.07 Å². The molecule has 0 amide bonds. The maximum Gasteiger partial charge on any atom is 0.243 e. The molecule has 200 valence electrons. The lowest BCUT2D eigenvalue weighted by Crippen LogP contribution is -2.39. The second kappa shape index (κ2) is 10.8. The number of aliphatic imine (C=N–C) groups is 1. The van der Waals surface area contributed by atoms with Crippen LogP contribution in [0.15, 0.2) is 47.2 Å². The molecule has 10 heteroatoms. The summed E-state index contributed by atoms with van der Waals surface area (Å²) in [5.41, 5.74) is 5.39. The molecule has 1 fully saturated rings. The van der Waals surface area contributed by atoms with Crippen LogP contribution in [0.2, 0.25) is 0 Å². The Kier molecular flexibility index (Phi) is 7.11. The molecule has 1 N–H and O–H groups in total. The molecule has 39 heavy (non-hydrogen) atoms. The van der Waals surface area contributed by atoms with E-state index in [2.05, 4.69) is 60.9 Å². The van der Waals surface area contributed by atoms with Crippen LogP contribution in [-0.2, 0) is 19.5 Å². The number of rotatable bonds is 8. The number of hydrogen-bond acceptors (Lipinski definition) is 7. The van der Waals surface area contributed by atoms with Crippen LogP contribution in [-0.4, -0.2) is 57.8 Å². The van der Waals surface area contributed by atoms with Crippen LogP contribution in [0.3, 0.4) is 0 Å². The molecule has 3 aromatic heterocycles. The van der Waals surface area contributed by atoms with Gasteiger partial charge >= 0.3 is 0 Å². The second-order valence-corrected chi connectivity index (χ2v) is 11.3. The van der Waals surface area contributed by atoms with E-state index in [1.165, 1.54) is 28.8 Å². The number of thiophene rings is 1. The summed E-state index contributed by atoms with van der Waals surface area (Å²) in [5, 5.41) is 15.3. The van der Waals surface area contributed by atoms with Crippen molar-refractivity contribution in [3.05, 3.63) is 63.9 Å². The number of anilines is 1. The van der Waals surface area contributed by atoms with Crippen LogP contribution in [0, 0.1) is 18.3 Å². The Labute approximate surface area is 229 Å². The van der Waals surface area contributed by atoms with Gasteiger partial charge in [0.05, 0.1) is 18.5 Å². The predicted octanol–water partition coefficient (Wildman–Crippen LogP) is 5.72. The van der Waals surface area contributed by atoms with E-state index >= 15 is 0 Å². The number of nitrogens with zero attached hydrogens (tertiary/aromatic N) is 6. The molecule has 0 spiro atoms. The number of aryl methyl sites for hydroxylation is 1. The number of nitriles is 1. The highest BCUT2D eigenvalue weighted by atomic mass is 32.1. The van der Waals surface area contributed by atoms with Gasteiger partial charge in [-0.2, -0.15) is 5.26 Å². The molecule has 0 unspecified atom stereocenters. The summed E-state index contributed by atoms with van der Waals surface area (Å²) in [6.45, 7) is 6.28. The lowest BCUT2D eigenvalue weighted by molar-refractivity contribution is 0.150. The first kappa shape index (κ1) is 25.6. The van der Waals surface area contributed by atoms with Crippen LogP contribution in [0.1, 0.15) is 34.5 Å². The van der Waals surface area contributed by atoms with Gasteiger partial charge < -0.3 is 9.88 Å². The molecule has 0 aliphatic carbocycles. The molecular weight excluding hydrogens is 516 g/mol. The zero-order valence-corrected chi connectivity index (χ0v) is 22.5. The van der Waals surface area contributed by atoms with Gasteiger partial charge in [0.15, 0.2) is 0 Å². The molecular formula is C29H29F2N7S. The van der Waals surface area contributed by atoms with Gasteiger partial charge in [-0.3, -0.25) is 9.89 Å². The number of likely N-dealkylation sites (tertiary alicyclic amines) is 1. The average Bonchev–Trinajstić information content (AvgIpc) is 3.66. The van der Waals surface area contributed by atoms with E-state index in [1.807, 2.05) is 12.3 Å². The average molecular weight is 546 g/mol. The van der Waals surface area contributed by atoms with E-state index in [-0.39, 0.29) is 12.5 Å². The summed E-state index contributed by atoms with van der Waals surface area (Å²) in [7, 11) is 0. The van der Waals surface area contributed by atoms with E-state index in [0.29, 0.717) is 23.7 Å². The molecule has 5 heterocycles. The largest absolute Gasteiger partial charge is 0.367 e. The van der Waals surface area contributed by atoms with Gasteiger partial charge in [-0.15, -0.1) is 11.3 Å². The molecule has 1 saturated heterocycles. The highest BCUT2D eigenvalue weighted by molar-refractivity contribution is 7.18. The van der Waals surface area contributed by atoms with Crippen molar-refractivity contribution in [2.75, 3.05) is 25.0 Å². The van der Waals surface area contributed by atoms with Crippen molar-refractivity contribution in [3.63, 3.8) is 0 Å². The smallest absolute Gasteiger partial charge is 0.243 e. The Bertz CT molecular complexity index is 1620. The molecule has 0 saturated carbocycles. The lowest BCUT2D eigenvalue weighted by Gasteiger charge is -2.33.